The van der Waals surface area contributed by atoms with E-state index in [1.807, 2.05) is 38.1 Å². The summed E-state index contributed by atoms with van der Waals surface area (Å²) in [6, 6.07) is 18.0. The van der Waals surface area contributed by atoms with Crippen LogP contribution < -0.4 is 9.47 Å². The van der Waals surface area contributed by atoms with Crippen LogP contribution >= 0.6 is 15.9 Å². The monoisotopic (exact) mass is 532 g/mol. The Bertz CT molecular complexity index is 1490. The van der Waals surface area contributed by atoms with Crippen molar-refractivity contribution in [2.24, 2.45) is 0 Å². The number of nitrogens with zero attached hydrogens (tertiary/aromatic N) is 3. The number of rotatable bonds is 8. The molecule has 4 aromatic rings. The number of fused-ring (bicyclic) bond motifs is 1. The van der Waals surface area contributed by atoms with Crippen LogP contribution in [0.25, 0.3) is 22.7 Å². The molecule has 0 amide bonds. The molecule has 0 aliphatic carbocycles. The molecular weight excluding hydrogens is 512 g/mol. The van der Waals surface area contributed by atoms with E-state index in [9.17, 15) is 15.4 Å². The fraction of sp³-hybridized carbons (Fsp3) is 0.154. The minimum atomic E-state index is -0.442. The highest BCUT2D eigenvalue weighted by atomic mass is 79.9. The van der Waals surface area contributed by atoms with Crippen molar-refractivity contribution in [2.45, 2.75) is 20.5 Å². The zero-order chi connectivity index (χ0) is 24.9. The summed E-state index contributed by atoms with van der Waals surface area (Å²) in [5.74, 6) is 1.43. The van der Waals surface area contributed by atoms with Gasteiger partial charge in [-0.2, -0.15) is 5.26 Å². The Morgan fingerprint density at radius 2 is 2.06 bits per heavy atom. The third kappa shape index (κ3) is 5.50. The fourth-order valence-corrected chi connectivity index (χ4v) is 4.14. The Hall–Kier alpha value is -4.16. The number of aryl methyl sites for hydroxylation is 1. The molecule has 0 bridgehead atoms. The maximum Gasteiger partial charge on any atom is 0.269 e. The van der Waals surface area contributed by atoms with E-state index in [0.29, 0.717) is 39.5 Å². The predicted molar refractivity (Wildman–Crippen MR) is 137 cm³/mol. The molecule has 9 heteroatoms. The van der Waals surface area contributed by atoms with Gasteiger partial charge in [-0.15, -0.1) is 0 Å². The van der Waals surface area contributed by atoms with Gasteiger partial charge in [0.2, 0.25) is 0 Å². The van der Waals surface area contributed by atoms with E-state index >= 15 is 0 Å². The second-order valence-corrected chi connectivity index (χ2v) is 8.61. The molecule has 35 heavy (non-hydrogen) atoms. The number of nitro groups is 1. The number of ether oxygens (including phenoxy) is 2. The summed E-state index contributed by atoms with van der Waals surface area (Å²) in [4.78, 5) is 18.3. The molecule has 0 unspecified atom stereocenters. The smallest absolute Gasteiger partial charge is 0.269 e. The number of benzene rings is 3. The molecular formula is C26H21BrN4O4. The first-order valence-electron chi connectivity index (χ1n) is 10.8. The predicted octanol–water partition coefficient (Wildman–Crippen LogP) is 6.58. The number of hydrogen-bond acceptors (Lipinski definition) is 6. The molecule has 1 aromatic heterocycles. The largest absolute Gasteiger partial charge is 0.490 e. The summed E-state index contributed by atoms with van der Waals surface area (Å²) in [7, 11) is 0. The molecule has 1 heterocycles. The first kappa shape index (κ1) is 24.0. The number of halogens is 1. The highest BCUT2D eigenvalue weighted by Crippen LogP contribution is 2.38. The maximum absolute atomic E-state index is 11.0. The molecule has 0 aliphatic heterocycles. The topological polar surface area (TPSA) is 114 Å². The number of aromatic amines is 1. The van der Waals surface area contributed by atoms with E-state index in [-0.39, 0.29) is 12.3 Å². The Balaban J connectivity index is 1.64. The Morgan fingerprint density at radius 1 is 1.23 bits per heavy atom. The lowest BCUT2D eigenvalue weighted by molar-refractivity contribution is -0.384. The number of H-pyrrole nitrogens is 1. The molecule has 176 valence electrons. The molecule has 1 N–H and O–H groups in total. The number of nitro benzene ring substituents is 1. The van der Waals surface area contributed by atoms with E-state index in [2.05, 4.69) is 32.0 Å². The number of nitrogens with one attached hydrogen (secondary N) is 1. The van der Waals surface area contributed by atoms with Gasteiger partial charge in [-0.3, -0.25) is 10.1 Å². The van der Waals surface area contributed by atoms with Gasteiger partial charge in [-0.05, 0) is 76.8 Å². The molecule has 0 fully saturated rings. The van der Waals surface area contributed by atoms with Crippen molar-refractivity contribution < 1.29 is 14.4 Å². The zero-order valence-corrected chi connectivity index (χ0v) is 20.6. The van der Waals surface area contributed by atoms with Gasteiger partial charge in [-0.25, -0.2) is 4.98 Å². The van der Waals surface area contributed by atoms with Gasteiger partial charge in [0, 0.05) is 12.1 Å². The van der Waals surface area contributed by atoms with Gasteiger partial charge in [0.25, 0.3) is 5.69 Å². The van der Waals surface area contributed by atoms with Crippen LogP contribution in [-0.2, 0) is 6.61 Å². The zero-order valence-electron chi connectivity index (χ0n) is 19.0. The second-order valence-electron chi connectivity index (χ2n) is 7.75. The summed E-state index contributed by atoms with van der Waals surface area (Å²) >= 11 is 3.53. The Kier molecular flexibility index (Phi) is 7.13. The molecule has 0 atom stereocenters. The summed E-state index contributed by atoms with van der Waals surface area (Å²) < 4.78 is 12.4. The second kappa shape index (κ2) is 10.4. The van der Waals surface area contributed by atoms with Crippen LogP contribution in [0.4, 0.5) is 5.69 Å². The molecule has 3 aromatic carbocycles. The summed E-state index contributed by atoms with van der Waals surface area (Å²) in [6.45, 7) is 4.38. The molecule has 0 saturated heterocycles. The lowest BCUT2D eigenvalue weighted by Crippen LogP contribution is -2.01. The third-order valence-electron chi connectivity index (χ3n) is 5.16. The Labute approximate surface area is 210 Å². The van der Waals surface area contributed by atoms with Crippen LogP contribution in [0.1, 0.15) is 29.4 Å². The highest BCUT2D eigenvalue weighted by Gasteiger charge is 2.15. The average Bonchev–Trinajstić information content (AvgIpc) is 3.25. The van der Waals surface area contributed by atoms with E-state index < -0.39 is 4.92 Å². The van der Waals surface area contributed by atoms with Crippen LogP contribution in [-0.4, -0.2) is 21.5 Å². The fourth-order valence-electron chi connectivity index (χ4n) is 3.56. The van der Waals surface area contributed by atoms with Gasteiger partial charge in [0.1, 0.15) is 18.5 Å². The third-order valence-corrected chi connectivity index (χ3v) is 5.75. The van der Waals surface area contributed by atoms with E-state index in [1.54, 1.807) is 24.3 Å². The molecule has 0 radical (unpaired) electrons. The van der Waals surface area contributed by atoms with Crippen LogP contribution in [0.3, 0.4) is 0 Å². The van der Waals surface area contributed by atoms with Crippen molar-refractivity contribution in [3.63, 3.8) is 0 Å². The van der Waals surface area contributed by atoms with E-state index in [0.717, 1.165) is 22.2 Å². The van der Waals surface area contributed by atoms with Gasteiger partial charge in [0.05, 0.1) is 32.6 Å². The van der Waals surface area contributed by atoms with Crippen molar-refractivity contribution in [1.82, 2.24) is 9.97 Å². The highest BCUT2D eigenvalue weighted by molar-refractivity contribution is 9.10. The molecule has 0 saturated carbocycles. The minimum absolute atomic E-state index is 0.000429. The lowest BCUT2D eigenvalue weighted by atomic mass is 10.1. The maximum atomic E-state index is 11.0. The molecule has 0 aliphatic rings. The number of nitriles is 1. The van der Waals surface area contributed by atoms with Gasteiger partial charge < -0.3 is 14.5 Å². The SMILES string of the molecule is CCOc1cc(/C=C(/C#N)c2nc3ccc(C)cc3[nH]2)cc(Br)c1OCc1cccc([N+](=O)[O-])c1. The van der Waals surface area contributed by atoms with Gasteiger partial charge >= 0.3 is 0 Å². The van der Waals surface area contributed by atoms with Crippen LogP contribution in [0.5, 0.6) is 11.5 Å². The summed E-state index contributed by atoms with van der Waals surface area (Å²) in [6.07, 6.45) is 1.72. The number of non-ortho nitro benzene ring substituents is 1. The van der Waals surface area contributed by atoms with Crippen molar-refractivity contribution in [3.05, 3.63) is 91.7 Å². The lowest BCUT2D eigenvalue weighted by Gasteiger charge is -2.15. The van der Waals surface area contributed by atoms with E-state index in [4.69, 9.17) is 9.47 Å². The number of hydrogen-bond donors (Lipinski definition) is 1. The van der Waals surface area contributed by atoms with Crippen LogP contribution in [0, 0.1) is 28.4 Å². The number of allylic oxidation sites excluding steroid dienone is 1. The molecule has 4 rings (SSSR count). The normalized spacial score (nSPS) is 11.3. The van der Waals surface area contributed by atoms with E-state index in [1.165, 1.54) is 12.1 Å². The summed E-state index contributed by atoms with van der Waals surface area (Å²) in [5.41, 5.74) is 4.50. The van der Waals surface area contributed by atoms with Crippen molar-refractivity contribution in [2.75, 3.05) is 6.61 Å². The van der Waals surface area contributed by atoms with Gasteiger partial charge in [0.15, 0.2) is 11.5 Å². The number of imidazole rings is 1. The molecule has 0 spiro atoms. The first-order chi connectivity index (χ1) is 16.9. The van der Waals surface area contributed by atoms with Crippen molar-refractivity contribution in [1.29, 1.82) is 5.26 Å². The minimum Gasteiger partial charge on any atom is -0.490 e. The van der Waals surface area contributed by atoms with Gasteiger partial charge in [-0.1, -0.05) is 18.2 Å². The summed E-state index contributed by atoms with van der Waals surface area (Å²) in [5, 5.41) is 20.8. The first-order valence-corrected chi connectivity index (χ1v) is 11.6. The number of aromatic nitrogens is 2. The standard InChI is InChI=1S/C26H21BrN4O4/c1-3-34-24-13-18(10-19(14-28)26-29-22-8-7-16(2)9-23(22)30-26)12-21(27)25(24)35-15-17-5-4-6-20(11-17)31(32)33/h4-13H,3,15H2,1-2H3,(H,29,30)/b19-10-. The average molecular weight is 533 g/mol. The van der Waals surface area contributed by atoms with Crippen LogP contribution in [0.2, 0.25) is 0 Å². The quantitative estimate of drug-likeness (QED) is 0.155. The Morgan fingerprint density at radius 3 is 2.80 bits per heavy atom. The van der Waals surface area contributed by atoms with Crippen molar-refractivity contribution >= 4 is 44.3 Å². The molecule has 8 nitrogen and oxygen atoms in total. The van der Waals surface area contributed by atoms with Crippen LogP contribution in [0.15, 0.2) is 59.1 Å². The van der Waals surface area contributed by atoms with Crippen molar-refractivity contribution in [3.8, 4) is 17.6 Å².